The van der Waals surface area contributed by atoms with Crippen molar-refractivity contribution in [3.8, 4) is 0 Å². The van der Waals surface area contributed by atoms with Crippen LogP contribution in [0, 0.1) is 0 Å². The third-order valence-electron chi connectivity index (χ3n) is 3.56. The third-order valence-corrected chi connectivity index (χ3v) is 3.56. The summed E-state index contributed by atoms with van der Waals surface area (Å²) in [5, 5.41) is 3.01. The average molecular weight is 231 g/mol. The lowest BCUT2D eigenvalue weighted by molar-refractivity contribution is -0.119. The number of aryl methyl sites for hydroxylation is 2. The van der Waals surface area contributed by atoms with Crippen LogP contribution in [0.3, 0.4) is 0 Å². The zero-order valence-electron chi connectivity index (χ0n) is 10.8. The highest BCUT2D eigenvalue weighted by atomic mass is 16.1. The minimum Gasteiger partial charge on any atom is -0.350 e. The summed E-state index contributed by atoms with van der Waals surface area (Å²) < 4.78 is 0. The molecule has 1 aliphatic rings. The van der Waals surface area contributed by atoms with Crippen LogP contribution in [-0.4, -0.2) is 5.91 Å². The molecule has 1 aliphatic carbocycles. The molecule has 0 aromatic heterocycles. The first-order valence-electron chi connectivity index (χ1n) is 6.59. The summed E-state index contributed by atoms with van der Waals surface area (Å²) in [5.41, 5.74) is 4.23. The summed E-state index contributed by atoms with van der Waals surface area (Å²) >= 11 is 0. The molecule has 2 nitrogen and oxygen atoms in total. The fraction of sp³-hybridized carbons (Fsp3) is 0.533. The molecule has 0 aliphatic heterocycles. The van der Waals surface area contributed by atoms with Crippen molar-refractivity contribution in [1.82, 2.24) is 5.32 Å². The maximum atomic E-state index is 11.2. The van der Waals surface area contributed by atoms with E-state index in [4.69, 9.17) is 0 Å². The molecule has 17 heavy (non-hydrogen) atoms. The van der Waals surface area contributed by atoms with E-state index in [0.717, 1.165) is 6.42 Å². The largest absolute Gasteiger partial charge is 0.350 e. The lowest BCUT2D eigenvalue weighted by atomic mass is 9.89. The topological polar surface area (TPSA) is 29.1 Å². The van der Waals surface area contributed by atoms with Crippen molar-refractivity contribution < 1.29 is 4.79 Å². The van der Waals surface area contributed by atoms with E-state index >= 15 is 0 Å². The maximum absolute atomic E-state index is 11.2. The number of hydrogen-bond donors (Lipinski definition) is 1. The zero-order chi connectivity index (χ0) is 12.3. The second-order valence-electron chi connectivity index (χ2n) is 4.90. The molecule has 1 aromatic rings. The third kappa shape index (κ3) is 2.87. The summed E-state index contributed by atoms with van der Waals surface area (Å²) in [6.45, 7) is 3.70. The van der Waals surface area contributed by atoms with Gasteiger partial charge >= 0.3 is 0 Å². The van der Waals surface area contributed by atoms with Gasteiger partial charge in [-0.25, -0.2) is 0 Å². The molecule has 0 fully saturated rings. The first-order valence-corrected chi connectivity index (χ1v) is 6.59. The van der Waals surface area contributed by atoms with Gasteiger partial charge in [-0.1, -0.05) is 25.1 Å². The van der Waals surface area contributed by atoms with Crippen LogP contribution >= 0.6 is 0 Å². The number of carbonyl (C=O) groups excluding carboxylic acids is 1. The van der Waals surface area contributed by atoms with E-state index in [0.29, 0.717) is 0 Å². The van der Waals surface area contributed by atoms with Crippen LogP contribution in [0.25, 0.3) is 0 Å². The molecule has 92 valence electrons. The fourth-order valence-corrected chi connectivity index (χ4v) is 2.64. The van der Waals surface area contributed by atoms with Gasteiger partial charge in [0.1, 0.15) is 0 Å². The Kier molecular flexibility index (Phi) is 3.82. The van der Waals surface area contributed by atoms with Crippen molar-refractivity contribution >= 4 is 5.91 Å². The molecule has 2 rings (SSSR count). The molecular formula is C15H21NO. The minimum atomic E-state index is 0.0505. The second kappa shape index (κ2) is 5.35. The molecule has 0 saturated heterocycles. The minimum absolute atomic E-state index is 0.0505. The van der Waals surface area contributed by atoms with Crippen LogP contribution in [-0.2, 0) is 17.6 Å². The Morgan fingerprint density at radius 1 is 1.29 bits per heavy atom. The Labute approximate surface area is 103 Å². The van der Waals surface area contributed by atoms with E-state index in [1.165, 1.54) is 42.4 Å². The normalized spacial score (nSPS) is 16.1. The van der Waals surface area contributed by atoms with Crippen LogP contribution in [0.5, 0.6) is 0 Å². The van der Waals surface area contributed by atoms with Crippen LogP contribution in [0.2, 0.25) is 0 Å². The highest BCUT2D eigenvalue weighted by molar-refractivity contribution is 5.73. The van der Waals surface area contributed by atoms with Gasteiger partial charge < -0.3 is 5.32 Å². The summed E-state index contributed by atoms with van der Waals surface area (Å²) in [7, 11) is 0. The number of amides is 1. The molecule has 0 bridgehead atoms. The molecule has 1 amide bonds. The number of carbonyl (C=O) groups is 1. The van der Waals surface area contributed by atoms with Crippen LogP contribution in [0.15, 0.2) is 18.2 Å². The van der Waals surface area contributed by atoms with Gasteiger partial charge in [-0.2, -0.15) is 0 Å². The predicted octanol–water partition coefficient (Wildman–Crippen LogP) is 3.15. The lowest BCUT2D eigenvalue weighted by Crippen LogP contribution is -2.25. The van der Waals surface area contributed by atoms with Gasteiger partial charge in [-0.05, 0) is 48.8 Å². The van der Waals surface area contributed by atoms with Crippen molar-refractivity contribution in [2.75, 3.05) is 0 Å². The maximum Gasteiger partial charge on any atom is 0.217 e. The SMILES string of the molecule is CC[C@H](NC(C)=O)c1ccc2c(c1)CCCC2. The first-order chi connectivity index (χ1) is 8.20. The standard InChI is InChI=1S/C15H21NO/c1-3-15(16-11(2)17)14-9-8-12-6-4-5-7-13(12)10-14/h8-10,15H,3-7H2,1-2H3,(H,16,17)/t15-/m0/s1. The molecule has 0 radical (unpaired) electrons. The number of fused-ring (bicyclic) bond motifs is 1. The lowest BCUT2D eigenvalue weighted by Gasteiger charge is -2.21. The monoisotopic (exact) mass is 231 g/mol. The number of rotatable bonds is 3. The molecule has 0 spiro atoms. The smallest absolute Gasteiger partial charge is 0.217 e. The first kappa shape index (κ1) is 12.2. The Morgan fingerprint density at radius 2 is 2.00 bits per heavy atom. The fourth-order valence-electron chi connectivity index (χ4n) is 2.64. The van der Waals surface area contributed by atoms with E-state index in [1.54, 1.807) is 6.92 Å². The molecule has 0 saturated carbocycles. The van der Waals surface area contributed by atoms with Gasteiger partial charge in [-0.3, -0.25) is 4.79 Å². The van der Waals surface area contributed by atoms with Crippen molar-refractivity contribution in [2.24, 2.45) is 0 Å². The molecule has 1 N–H and O–H groups in total. The van der Waals surface area contributed by atoms with Gasteiger partial charge in [0.05, 0.1) is 6.04 Å². The number of hydrogen-bond acceptors (Lipinski definition) is 1. The van der Waals surface area contributed by atoms with Gasteiger partial charge in [0.2, 0.25) is 5.91 Å². The second-order valence-corrected chi connectivity index (χ2v) is 4.90. The van der Waals surface area contributed by atoms with Crippen LogP contribution in [0.1, 0.15) is 55.8 Å². The summed E-state index contributed by atoms with van der Waals surface area (Å²) in [5.74, 6) is 0.0505. The predicted molar refractivity (Wildman–Crippen MR) is 69.9 cm³/mol. The van der Waals surface area contributed by atoms with Crippen LogP contribution in [0.4, 0.5) is 0 Å². The van der Waals surface area contributed by atoms with Crippen molar-refractivity contribution in [3.63, 3.8) is 0 Å². The highest BCUT2D eigenvalue weighted by Crippen LogP contribution is 2.25. The van der Waals surface area contributed by atoms with E-state index in [2.05, 4.69) is 30.4 Å². The van der Waals surface area contributed by atoms with Gasteiger partial charge in [0, 0.05) is 6.92 Å². The Hall–Kier alpha value is -1.31. The van der Waals surface area contributed by atoms with Gasteiger partial charge in [0.15, 0.2) is 0 Å². The number of benzene rings is 1. The van der Waals surface area contributed by atoms with Gasteiger partial charge in [0.25, 0.3) is 0 Å². The van der Waals surface area contributed by atoms with Crippen molar-refractivity contribution in [1.29, 1.82) is 0 Å². The van der Waals surface area contributed by atoms with Crippen molar-refractivity contribution in [2.45, 2.75) is 52.0 Å². The highest BCUT2D eigenvalue weighted by Gasteiger charge is 2.14. The Bertz CT molecular complexity index is 411. The average Bonchev–Trinajstić information content (AvgIpc) is 2.35. The summed E-state index contributed by atoms with van der Waals surface area (Å²) in [6, 6.07) is 6.88. The molecule has 1 atom stereocenters. The van der Waals surface area contributed by atoms with E-state index < -0.39 is 0 Å². The van der Waals surface area contributed by atoms with Crippen molar-refractivity contribution in [3.05, 3.63) is 34.9 Å². The quantitative estimate of drug-likeness (QED) is 0.850. The molecule has 0 heterocycles. The molecule has 0 unspecified atom stereocenters. The van der Waals surface area contributed by atoms with E-state index in [9.17, 15) is 4.79 Å². The molecule has 1 aromatic carbocycles. The molecule has 2 heteroatoms. The zero-order valence-corrected chi connectivity index (χ0v) is 10.8. The van der Waals surface area contributed by atoms with E-state index in [-0.39, 0.29) is 11.9 Å². The Morgan fingerprint density at radius 3 is 2.65 bits per heavy atom. The Balaban J connectivity index is 2.22. The van der Waals surface area contributed by atoms with Gasteiger partial charge in [-0.15, -0.1) is 0 Å². The van der Waals surface area contributed by atoms with E-state index in [1.807, 2.05) is 0 Å². The summed E-state index contributed by atoms with van der Waals surface area (Å²) in [6.07, 6.45) is 5.97. The number of nitrogens with one attached hydrogen (secondary N) is 1. The van der Waals surface area contributed by atoms with Crippen LogP contribution < -0.4 is 5.32 Å². The summed E-state index contributed by atoms with van der Waals surface area (Å²) in [4.78, 5) is 11.2. The molecular weight excluding hydrogens is 210 g/mol.